The molecule has 1 aliphatic rings. The summed E-state index contributed by atoms with van der Waals surface area (Å²) in [7, 11) is 0. The van der Waals surface area contributed by atoms with E-state index in [-0.39, 0.29) is 17.6 Å². The highest BCUT2D eigenvalue weighted by atomic mass is 19.2. The van der Waals surface area contributed by atoms with E-state index in [1.807, 2.05) is 0 Å². The lowest BCUT2D eigenvalue weighted by Gasteiger charge is -2.24. The lowest BCUT2D eigenvalue weighted by atomic mass is 9.87. The lowest BCUT2D eigenvalue weighted by molar-refractivity contribution is -0.131. The van der Waals surface area contributed by atoms with Crippen LogP contribution in [-0.4, -0.2) is 23.2 Å². The predicted molar refractivity (Wildman–Crippen MR) is 87.6 cm³/mol. The number of nitrogens with one attached hydrogen (secondary N) is 1. The zero-order chi connectivity index (χ0) is 20.6. The first kappa shape index (κ1) is 19.5. The van der Waals surface area contributed by atoms with Crippen LogP contribution >= 0.6 is 0 Å². The summed E-state index contributed by atoms with van der Waals surface area (Å²) in [6.07, 6.45) is 0.376. The number of nitrogens with zero attached hydrogens (tertiary/aromatic N) is 2. The third-order valence-corrected chi connectivity index (χ3v) is 4.41. The Balaban J connectivity index is 2.01. The maximum atomic E-state index is 13.7. The van der Waals surface area contributed by atoms with E-state index in [4.69, 9.17) is 0 Å². The van der Waals surface area contributed by atoms with E-state index < -0.39 is 52.1 Å². The fraction of sp³-hybridized carbons (Fsp3) is 0.167. The molecule has 1 N–H and O–H groups in total. The number of imide groups is 1. The number of carbonyl (C=O) groups excluding carboxylic acids is 2. The second-order valence-corrected chi connectivity index (χ2v) is 5.90. The first-order chi connectivity index (χ1) is 13.2. The summed E-state index contributed by atoms with van der Waals surface area (Å²) in [4.78, 5) is 25.0. The second-order valence-electron chi connectivity index (χ2n) is 5.90. The van der Waals surface area contributed by atoms with Crippen molar-refractivity contribution < 1.29 is 31.5 Å². The van der Waals surface area contributed by atoms with Crippen LogP contribution in [0.2, 0.25) is 0 Å². The van der Waals surface area contributed by atoms with E-state index in [9.17, 15) is 31.5 Å². The van der Waals surface area contributed by atoms with Gasteiger partial charge in [-0.25, -0.2) is 26.7 Å². The van der Waals surface area contributed by atoms with Crippen LogP contribution in [0.1, 0.15) is 24.5 Å². The molecule has 0 spiro atoms. The molecule has 1 aliphatic heterocycles. The number of hydrogen-bond acceptors (Lipinski definition) is 3. The minimum atomic E-state index is -2.32. The summed E-state index contributed by atoms with van der Waals surface area (Å²) in [6, 6.07) is 7.18. The fourth-order valence-electron chi connectivity index (χ4n) is 2.88. The first-order valence-electron chi connectivity index (χ1n) is 8.02. The highest BCUT2D eigenvalue weighted by Gasteiger charge is 2.51. The molecule has 0 radical (unpaired) electrons. The van der Waals surface area contributed by atoms with Gasteiger partial charge in [-0.15, -0.1) is 5.01 Å². The number of amides is 3. The van der Waals surface area contributed by atoms with Gasteiger partial charge in [0.2, 0.25) is 5.82 Å². The van der Waals surface area contributed by atoms with Crippen LogP contribution in [0.3, 0.4) is 0 Å². The number of hydrogen-bond donors (Lipinski definition) is 1. The van der Waals surface area contributed by atoms with Gasteiger partial charge in [-0.3, -0.25) is 4.79 Å². The molecule has 3 rings (SSSR count). The van der Waals surface area contributed by atoms with Crippen LogP contribution in [0.15, 0.2) is 35.4 Å². The van der Waals surface area contributed by atoms with Crippen molar-refractivity contribution in [2.45, 2.75) is 18.9 Å². The minimum absolute atomic E-state index is 0.135. The van der Waals surface area contributed by atoms with Crippen molar-refractivity contribution in [2.24, 2.45) is 5.10 Å². The van der Waals surface area contributed by atoms with Gasteiger partial charge in [-0.1, -0.05) is 37.3 Å². The molecule has 0 aliphatic carbocycles. The molecule has 1 saturated heterocycles. The summed E-state index contributed by atoms with van der Waals surface area (Å²) >= 11 is 0. The Hall–Kier alpha value is -3.30. The van der Waals surface area contributed by atoms with Gasteiger partial charge in [0.15, 0.2) is 23.3 Å². The molecule has 1 atom stereocenters. The van der Waals surface area contributed by atoms with Gasteiger partial charge in [0.05, 0.1) is 11.8 Å². The van der Waals surface area contributed by atoms with Gasteiger partial charge in [-0.2, -0.15) is 5.10 Å². The van der Waals surface area contributed by atoms with Crippen LogP contribution in [0.5, 0.6) is 0 Å². The number of halogens is 5. The van der Waals surface area contributed by atoms with Crippen LogP contribution in [0, 0.1) is 29.1 Å². The molecule has 0 bridgehead atoms. The largest absolute Gasteiger partial charge is 0.346 e. The second kappa shape index (κ2) is 7.02. The maximum Gasteiger partial charge on any atom is 0.346 e. The zero-order valence-electron chi connectivity index (χ0n) is 14.3. The van der Waals surface area contributed by atoms with Gasteiger partial charge >= 0.3 is 6.03 Å². The Bertz CT molecular complexity index is 967. The molecule has 3 amide bonds. The van der Waals surface area contributed by atoms with Crippen molar-refractivity contribution in [1.82, 2.24) is 10.3 Å². The number of benzene rings is 2. The zero-order valence-corrected chi connectivity index (χ0v) is 14.3. The van der Waals surface area contributed by atoms with Crippen molar-refractivity contribution >= 4 is 18.2 Å². The van der Waals surface area contributed by atoms with Gasteiger partial charge in [0, 0.05) is 0 Å². The quantitative estimate of drug-likeness (QED) is 0.282. The molecule has 0 saturated carbocycles. The molecule has 1 fully saturated rings. The molecule has 0 aromatic heterocycles. The average molecular weight is 397 g/mol. The summed E-state index contributed by atoms with van der Waals surface area (Å²) in [6.45, 7) is 1.63. The minimum Gasteiger partial charge on any atom is -0.318 e. The molecule has 5 nitrogen and oxygen atoms in total. The summed E-state index contributed by atoms with van der Waals surface area (Å²) in [5, 5.41) is 6.11. The van der Waals surface area contributed by atoms with Crippen molar-refractivity contribution in [3.05, 3.63) is 70.5 Å². The Labute approximate surface area is 155 Å². The number of rotatable bonds is 4. The average Bonchev–Trinajstić information content (AvgIpc) is 2.96. The van der Waals surface area contributed by atoms with Gasteiger partial charge in [0.25, 0.3) is 5.91 Å². The Kier molecular flexibility index (Phi) is 4.88. The number of carbonyl (C=O) groups is 2. The predicted octanol–water partition coefficient (Wildman–Crippen LogP) is 3.57. The van der Waals surface area contributed by atoms with Crippen molar-refractivity contribution in [3.63, 3.8) is 0 Å². The molecule has 2 aromatic rings. The Morgan fingerprint density at radius 1 is 0.964 bits per heavy atom. The molecule has 2 aromatic carbocycles. The lowest BCUT2D eigenvalue weighted by Crippen LogP contribution is -2.43. The highest BCUT2D eigenvalue weighted by Crippen LogP contribution is 2.32. The molecule has 10 heteroatoms. The third kappa shape index (κ3) is 2.81. The monoisotopic (exact) mass is 397 g/mol. The van der Waals surface area contributed by atoms with Crippen LogP contribution in [0.4, 0.5) is 26.7 Å². The molecule has 146 valence electrons. The van der Waals surface area contributed by atoms with Gasteiger partial charge in [0.1, 0.15) is 5.54 Å². The topological polar surface area (TPSA) is 61.8 Å². The van der Waals surface area contributed by atoms with Crippen molar-refractivity contribution in [2.75, 3.05) is 0 Å². The maximum absolute atomic E-state index is 13.7. The van der Waals surface area contributed by atoms with E-state index in [1.165, 1.54) is 0 Å². The highest BCUT2D eigenvalue weighted by molar-refractivity contribution is 6.07. The van der Waals surface area contributed by atoms with Crippen molar-refractivity contribution in [1.29, 1.82) is 0 Å². The fourth-order valence-corrected chi connectivity index (χ4v) is 2.88. The van der Waals surface area contributed by atoms with Crippen LogP contribution in [-0.2, 0) is 10.3 Å². The third-order valence-electron chi connectivity index (χ3n) is 4.41. The van der Waals surface area contributed by atoms with Gasteiger partial charge in [-0.05, 0) is 12.0 Å². The van der Waals surface area contributed by atoms with Crippen LogP contribution in [0.25, 0.3) is 0 Å². The standard InChI is InChI=1S/C18H12F5N3O2/c1-2-18(9-6-4-3-5-7-9)16(27)26(17(28)25-18)24-8-10-11(19)13(21)15(23)14(22)12(10)20/h3-8H,2H2,1H3,(H,25,28)/t18-/m0/s1. The Morgan fingerprint density at radius 2 is 1.50 bits per heavy atom. The van der Waals surface area contributed by atoms with Gasteiger partial charge < -0.3 is 5.32 Å². The molecular weight excluding hydrogens is 385 g/mol. The molecule has 28 heavy (non-hydrogen) atoms. The molecule has 0 unspecified atom stereocenters. The van der Waals surface area contributed by atoms with E-state index in [1.54, 1.807) is 37.3 Å². The van der Waals surface area contributed by atoms with E-state index in [2.05, 4.69) is 10.4 Å². The molecule has 1 heterocycles. The summed E-state index contributed by atoms with van der Waals surface area (Å²) < 4.78 is 67.1. The first-order valence-corrected chi connectivity index (χ1v) is 8.02. The SMILES string of the molecule is CC[C@@]1(c2ccccc2)NC(=O)N(N=Cc2c(F)c(F)c(F)c(F)c2F)C1=O. The molecular formula is C18H12F5N3O2. The smallest absolute Gasteiger partial charge is 0.318 e. The number of urea groups is 1. The summed E-state index contributed by atoms with van der Waals surface area (Å²) in [5.41, 5.74) is -2.39. The van der Waals surface area contributed by atoms with Crippen molar-refractivity contribution in [3.8, 4) is 0 Å². The Morgan fingerprint density at radius 3 is 2.04 bits per heavy atom. The normalized spacial score (nSPS) is 19.6. The summed E-state index contributed by atoms with van der Waals surface area (Å²) in [5.74, 6) is -11.8. The van der Waals surface area contributed by atoms with E-state index >= 15 is 0 Å². The van der Waals surface area contributed by atoms with E-state index in [0.717, 1.165) is 0 Å². The van der Waals surface area contributed by atoms with Crippen LogP contribution < -0.4 is 5.32 Å². The number of hydrazone groups is 1. The van der Waals surface area contributed by atoms with E-state index in [0.29, 0.717) is 5.56 Å².